The molecule has 1 aromatic carbocycles. The molecule has 0 aliphatic carbocycles. The Labute approximate surface area is 105 Å². The van der Waals surface area contributed by atoms with Crippen LogP contribution in [0.3, 0.4) is 0 Å². The molecule has 0 saturated carbocycles. The summed E-state index contributed by atoms with van der Waals surface area (Å²) < 4.78 is 2.03. The van der Waals surface area contributed by atoms with Crippen molar-refractivity contribution in [2.45, 2.75) is 32.7 Å². The number of phenols is 1. The molecule has 4 nitrogen and oxygen atoms in total. The Bertz CT molecular complexity index is 586. The van der Waals surface area contributed by atoms with Crippen LogP contribution in [0.15, 0.2) is 24.4 Å². The van der Waals surface area contributed by atoms with Crippen LogP contribution >= 0.6 is 0 Å². The van der Waals surface area contributed by atoms with E-state index in [0.717, 1.165) is 23.0 Å². The number of phenolic OH excluding ortho intramolecular Hbond substituents is 1. The minimum atomic E-state index is -0.793. The fraction of sp³-hybridized carbons (Fsp3) is 0.357. The normalized spacial score (nSPS) is 12.8. The van der Waals surface area contributed by atoms with Crippen LogP contribution in [-0.2, 0) is 11.3 Å². The van der Waals surface area contributed by atoms with E-state index in [9.17, 15) is 9.90 Å². The van der Waals surface area contributed by atoms with Crippen molar-refractivity contribution < 1.29 is 15.0 Å². The Morgan fingerprint density at radius 2 is 2.17 bits per heavy atom. The van der Waals surface area contributed by atoms with Gasteiger partial charge in [-0.1, -0.05) is 6.92 Å². The first-order chi connectivity index (χ1) is 8.52. The lowest BCUT2D eigenvalue weighted by molar-refractivity contribution is -0.137. The van der Waals surface area contributed by atoms with E-state index in [2.05, 4.69) is 0 Å². The number of hydrogen-bond acceptors (Lipinski definition) is 2. The number of benzene rings is 1. The van der Waals surface area contributed by atoms with Crippen molar-refractivity contribution in [1.82, 2.24) is 4.57 Å². The fourth-order valence-electron chi connectivity index (χ4n) is 2.33. The number of carboxylic acids is 1. The van der Waals surface area contributed by atoms with E-state index >= 15 is 0 Å². The molecule has 96 valence electrons. The maximum absolute atomic E-state index is 10.8. The summed E-state index contributed by atoms with van der Waals surface area (Å²) in [7, 11) is 0. The summed E-state index contributed by atoms with van der Waals surface area (Å²) in [6.45, 7) is 4.73. The molecule has 0 bridgehead atoms. The Morgan fingerprint density at radius 3 is 2.78 bits per heavy atom. The van der Waals surface area contributed by atoms with Crippen LogP contribution in [0.1, 0.15) is 31.7 Å². The number of aryl methyl sites for hydroxylation is 1. The third-order valence-electron chi connectivity index (χ3n) is 3.25. The summed E-state index contributed by atoms with van der Waals surface area (Å²) in [5.74, 6) is -0.603. The molecule has 1 heterocycles. The molecule has 1 atom stereocenters. The lowest BCUT2D eigenvalue weighted by Gasteiger charge is -2.06. The topological polar surface area (TPSA) is 62.5 Å². The third kappa shape index (κ3) is 2.18. The van der Waals surface area contributed by atoms with E-state index in [1.807, 2.05) is 30.7 Å². The van der Waals surface area contributed by atoms with Gasteiger partial charge < -0.3 is 14.8 Å². The lowest BCUT2D eigenvalue weighted by Crippen LogP contribution is -2.02. The van der Waals surface area contributed by atoms with Gasteiger partial charge >= 0.3 is 5.97 Å². The van der Waals surface area contributed by atoms with Crippen LogP contribution in [0.4, 0.5) is 0 Å². The van der Waals surface area contributed by atoms with Crippen LogP contribution in [0.25, 0.3) is 10.9 Å². The molecule has 0 saturated heterocycles. The molecule has 1 unspecified atom stereocenters. The van der Waals surface area contributed by atoms with E-state index in [4.69, 9.17) is 5.11 Å². The summed E-state index contributed by atoms with van der Waals surface area (Å²) in [6, 6.07) is 5.21. The highest BCUT2D eigenvalue weighted by Gasteiger charge is 2.16. The predicted octanol–water partition coefficient (Wildman–Crippen LogP) is 2.95. The zero-order valence-electron chi connectivity index (χ0n) is 10.6. The molecule has 0 aliphatic rings. The van der Waals surface area contributed by atoms with E-state index in [1.54, 1.807) is 12.1 Å². The van der Waals surface area contributed by atoms with Gasteiger partial charge in [0.2, 0.25) is 0 Å². The van der Waals surface area contributed by atoms with Gasteiger partial charge in [-0.05, 0) is 30.5 Å². The fourth-order valence-corrected chi connectivity index (χ4v) is 2.33. The van der Waals surface area contributed by atoms with Crippen molar-refractivity contribution in [2.75, 3.05) is 0 Å². The second-order valence-electron chi connectivity index (χ2n) is 4.57. The smallest absolute Gasteiger partial charge is 0.303 e. The molecular formula is C14H17NO3. The molecule has 0 amide bonds. The van der Waals surface area contributed by atoms with E-state index < -0.39 is 5.97 Å². The number of aromatic hydroxyl groups is 1. The summed E-state index contributed by atoms with van der Waals surface area (Å²) in [5, 5.41) is 19.4. The van der Waals surface area contributed by atoms with Crippen molar-refractivity contribution in [2.24, 2.45) is 0 Å². The van der Waals surface area contributed by atoms with Gasteiger partial charge in [0.05, 0.1) is 11.9 Å². The molecule has 18 heavy (non-hydrogen) atoms. The van der Waals surface area contributed by atoms with Gasteiger partial charge in [-0.25, -0.2) is 0 Å². The minimum Gasteiger partial charge on any atom is -0.508 e. The number of nitrogens with zero attached hydrogens (tertiary/aromatic N) is 1. The van der Waals surface area contributed by atoms with Crippen molar-refractivity contribution >= 4 is 16.9 Å². The number of aromatic nitrogens is 1. The van der Waals surface area contributed by atoms with Crippen molar-refractivity contribution in [3.05, 3.63) is 30.0 Å². The van der Waals surface area contributed by atoms with Gasteiger partial charge in [-0.2, -0.15) is 0 Å². The largest absolute Gasteiger partial charge is 0.508 e. The van der Waals surface area contributed by atoms with Crippen molar-refractivity contribution in [3.8, 4) is 5.75 Å². The number of fused-ring (bicyclic) bond motifs is 1. The van der Waals surface area contributed by atoms with Crippen LogP contribution in [0, 0.1) is 0 Å². The second-order valence-corrected chi connectivity index (χ2v) is 4.57. The first-order valence-corrected chi connectivity index (χ1v) is 6.06. The summed E-state index contributed by atoms with van der Waals surface area (Å²) in [5.41, 5.74) is 1.97. The monoisotopic (exact) mass is 247 g/mol. The number of rotatable bonds is 4. The van der Waals surface area contributed by atoms with E-state index in [0.29, 0.717) is 0 Å². The number of hydrogen-bond donors (Lipinski definition) is 2. The highest BCUT2D eigenvalue weighted by atomic mass is 16.4. The van der Waals surface area contributed by atoms with E-state index in [-0.39, 0.29) is 18.1 Å². The molecule has 0 fully saturated rings. The van der Waals surface area contributed by atoms with Gasteiger partial charge in [0, 0.05) is 24.2 Å². The van der Waals surface area contributed by atoms with Gasteiger partial charge in [-0.3, -0.25) is 4.79 Å². The molecule has 2 aromatic rings. The van der Waals surface area contributed by atoms with Gasteiger partial charge in [0.25, 0.3) is 0 Å². The number of carbonyl (C=O) groups is 1. The molecule has 4 heteroatoms. The minimum absolute atomic E-state index is 0.0395. The molecule has 0 spiro atoms. The molecule has 2 rings (SSSR count). The van der Waals surface area contributed by atoms with Crippen LogP contribution in [0.5, 0.6) is 5.75 Å². The Balaban J connectivity index is 2.54. The standard InChI is InChI=1S/C14H17NO3/c1-3-15-8-12(9(2)6-14(17)18)11-5-4-10(16)7-13(11)15/h4-5,7-9,16H,3,6H2,1-2H3,(H,17,18). The highest BCUT2D eigenvalue weighted by Crippen LogP contribution is 2.31. The van der Waals surface area contributed by atoms with Crippen LogP contribution in [0.2, 0.25) is 0 Å². The zero-order chi connectivity index (χ0) is 13.3. The second kappa shape index (κ2) is 4.72. The number of aliphatic carboxylic acids is 1. The molecule has 1 aromatic heterocycles. The third-order valence-corrected chi connectivity index (χ3v) is 3.25. The van der Waals surface area contributed by atoms with Crippen LogP contribution < -0.4 is 0 Å². The molecule has 0 aliphatic heterocycles. The zero-order valence-corrected chi connectivity index (χ0v) is 10.6. The lowest BCUT2D eigenvalue weighted by atomic mass is 9.97. The summed E-state index contributed by atoms with van der Waals surface area (Å²) in [6.07, 6.45) is 2.10. The average molecular weight is 247 g/mol. The average Bonchev–Trinajstić information content (AvgIpc) is 2.66. The molecule has 2 N–H and O–H groups in total. The van der Waals surface area contributed by atoms with Crippen molar-refractivity contribution in [3.63, 3.8) is 0 Å². The first-order valence-electron chi connectivity index (χ1n) is 6.06. The van der Waals surface area contributed by atoms with Crippen molar-refractivity contribution in [1.29, 1.82) is 0 Å². The molecule has 0 radical (unpaired) electrons. The highest BCUT2D eigenvalue weighted by molar-refractivity contribution is 5.86. The summed E-state index contributed by atoms with van der Waals surface area (Å²) in [4.78, 5) is 10.8. The Kier molecular flexibility index (Phi) is 3.28. The number of carboxylic acid groups (broad SMARTS) is 1. The van der Waals surface area contributed by atoms with Gasteiger partial charge in [0.1, 0.15) is 5.75 Å². The first kappa shape index (κ1) is 12.5. The molecular weight excluding hydrogens is 230 g/mol. The van der Waals surface area contributed by atoms with Gasteiger partial charge in [-0.15, -0.1) is 0 Å². The maximum Gasteiger partial charge on any atom is 0.303 e. The Hall–Kier alpha value is -1.97. The predicted molar refractivity (Wildman–Crippen MR) is 69.9 cm³/mol. The van der Waals surface area contributed by atoms with Gasteiger partial charge in [0.15, 0.2) is 0 Å². The van der Waals surface area contributed by atoms with Crippen LogP contribution in [-0.4, -0.2) is 20.7 Å². The maximum atomic E-state index is 10.8. The summed E-state index contributed by atoms with van der Waals surface area (Å²) >= 11 is 0. The SMILES string of the molecule is CCn1cc(C(C)CC(=O)O)c2ccc(O)cc21. The van der Waals surface area contributed by atoms with E-state index in [1.165, 1.54) is 0 Å². The Morgan fingerprint density at radius 1 is 1.44 bits per heavy atom. The quantitative estimate of drug-likeness (QED) is 0.873.